The van der Waals surface area contributed by atoms with E-state index in [1.165, 1.54) is 18.4 Å². The van der Waals surface area contributed by atoms with Crippen molar-refractivity contribution >= 4 is 0 Å². The van der Waals surface area contributed by atoms with Crippen LogP contribution in [0.25, 0.3) is 0 Å². The molecule has 1 aromatic rings. The molecule has 19 heavy (non-hydrogen) atoms. The first kappa shape index (κ1) is 14.1. The fourth-order valence-electron chi connectivity index (χ4n) is 2.61. The van der Waals surface area contributed by atoms with Gasteiger partial charge < -0.3 is 9.84 Å². The number of hydrogen-bond acceptors (Lipinski definition) is 2. The molecule has 104 valence electrons. The Morgan fingerprint density at radius 3 is 3.05 bits per heavy atom. The second-order valence-corrected chi connectivity index (χ2v) is 5.26. The van der Waals surface area contributed by atoms with Crippen LogP contribution < -0.4 is 4.74 Å². The summed E-state index contributed by atoms with van der Waals surface area (Å²) in [6, 6.07) is 6.10. The monoisotopic (exact) mass is 260 g/mol. The number of aliphatic hydroxyl groups is 1. The van der Waals surface area contributed by atoms with Crippen LogP contribution in [0.1, 0.15) is 55.8 Å². The van der Waals surface area contributed by atoms with Crippen molar-refractivity contribution in [2.45, 2.75) is 51.0 Å². The van der Waals surface area contributed by atoms with Gasteiger partial charge >= 0.3 is 0 Å². The number of aryl methyl sites for hydroxylation is 1. The van der Waals surface area contributed by atoms with E-state index in [2.05, 4.69) is 12.6 Å². The molecule has 0 radical (unpaired) electrons. The summed E-state index contributed by atoms with van der Waals surface area (Å²) in [5, 5.41) is 9.90. The van der Waals surface area contributed by atoms with Gasteiger partial charge in [0.1, 0.15) is 5.75 Å². The van der Waals surface area contributed by atoms with Crippen LogP contribution in [0.15, 0.2) is 30.9 Å². The third-order valence-electron chi connectivity index (χ3n) is 3.72. The minimum Gasteiger partial charge on any atom is -0.494 e. The minimum absolute atomic E-state index is 0.281. The topological polar surface area (TPSA) is 29.5 Å². The number of allylic oxidation sites excluding steroid dienone is 1. The molecule has 0 fully saturated rings. The highest BCUT2D eigenvalue weighted by atomic mass is 16.5. The van der Waals surface area contributed by atoms with Crippen molar-refractivity contribution in [1.82, 2.24) is 0 Å². The Morgan fingerprint density at radius 1 is 1.32 bits per heavy atom. The third kappa shape index (κ3) is 4.10. The second kappa shape index (κ2) is 7.34. The van der Waals surface area contributed by atoms with Crippen LogP contribution >= 0.6 is 0 Å². The highest BCUT2D eigenvalue weighted by Gasteiger charge is 2.17. The molecule has 1 atom stereocenters. The van der Waals surface area contributed by atoms with Crippen molar-refractivity contribution in [3.63, 3.8) is 0 Å². The van der Waals surface area contributed by atoms with Gasteiger partial charge in [-0.15, -0.1) is 6.58 Å². The molecule has 1 aliphatic rings. The van der Waals surface area contributed by atoms with Gasteiger partial charge in [0.2, 0.25) is 0 Å². The first-order valence-corrected chi connectivity index (χ1v) is 7.36. The second-order valence-electron chi connectivity index (χ2n) is 5.26. The molecule has 0 heterocycles. The van der Waals surface area contributed by atoms with E-state index < -0.39 is 0 Å². The molecule has 0 bridgehead atoms. The normalized spacial score (nSPS) is 17.8. The molecular weight excluding hydrogens is 236 g/mol. The first-order chi connectivity index (χ1) is 9.31. The van der Waals surface area contributed by atoms with E-state index in [0.717, 1.165) is 50.0 Å². The maximum atomic E-state index is 9.90. The largest absolute Gasteiger partial charge is 0.494 e. The standard InChI is InChI=1S/C17H24O2/c1-2-3-4-5-6-12-19-15-10-11-16-14(13-15)8-7-9-17(16)18/h2,10-11,13,17-18H,1,3-9,12H2. The zero-order chi connectivity index (χ0) is 13.5. The summed E-state index contributed by atoms with van der Waals surface area (Å²) in [7, 11) is 0. The van der Waals surface area contributed by atoms with Crippen molar-refractivity contribution in [3.8, 4) is 5.75 Å². The Hall–Kier alpha value is -1.28. The summed E-state index contributed by atoms with van der Waals surface area (Å²) in [4.78, 5) is 0. The predicted molar refractivity (Wildman–Crippen MR) is 78.5 cm³/mol. The molecule has 0 aromatic heterocycles. The van der Waals surface area contributed by atoms with E-state index in [1.807, 2.05) is 18.2 Å². The summed E-state index contributed by atoms with van der Waals surface area (Å²) in [5.41, 5.74) is 2.34. The lowest BCUT2D eigenvalue weighted by Crippen LogP contribution is -2.09. The van der Waals surface area contributed by atoms with E-state index in [9.17, 15) is 5.11 Å². The van der Waals surface area contributed by atoms with E-state index in [0.29, 0.717) is 0 Å². The summed E-state index contributed by atoms with van der Waals surface area (Å²) in [6.45, 7) is 4.50. The molecule has 0 saturated carbocycles. The average Bonchev–Trinajstić information content (AvgIpc) is 2.43. The lowest BCUT2D eigenvalue weighted by atomic mass is 9.89. The Balaban J connectivity index is 1.80. The van der Waals surface area contributed by atoms with Crippen LogP contribution in [0.2, 0.25) is 0 Å². The molecule has 0 aliphatic heterocycles. The van der Waals surface area contributed by atoms with E-state index in [-0.39, 0.29) is 6.10 Å². The molecule has 1 aromatic carbocycles. The van der Waals surface area contributed by atoms with Gasteiger partial charge in [-0.3, -0.25) is 0 Å². The zero-order valence-corrected chi connectivity index (χ0v) is 11.6. The number of rotatable bonds is 7. The highest BCUT2D eigenvalue weighted by molar-refractivity contribution is 5.38. The number of ether oxygens (including phenoxy) is 1. The molecule has 0 saturated heterocycles. The van der Waals surface area contributed by atoms with Crippen LogP contribution in [-0.4, -0.2) is 11.7 Å². The third-order valence-corrected chi connectivity index (χ3v) is 3.72. The smallest absolute Gasteiger partial charge is 0.119 e. The van der Waals surface area contributed by atoms with E-state index >= 15 is 0 Å². The van der Waals surface area contributed by atoms with Gasteiger partial charge in [-0.05, 0) is 68.2 Å². The van der Waals surface area contributed by atoms with Crippen molar-refractivity contribution in [3.05, 3.63) is 42.0 Å². The number of unbranched alkanes of at least 4 members (excludes halogenated alkanes) is 3. The van der Waals surface area contributed by atoms with Gasteiger partial charge in [0.25, 0.3) is 0 Å². The van der Waals surface area contributed by atoms with Gasteiger partial charge in [-0.2, -0.15) is 0 Å². The Labute approximate surface area is 116 Å². The summed E-state index contributed by atoms with van der Waals surface area (Å²) < 4.78 is 5.78. The SMILES string of the molecule is C=CCCCCCOc1ccc2c(c1)CCCC2O. The van der Waals surface area contributed by atoms with Crippen molar-refractivity contribution in [2.24, 2.45) is 0 Å². The van der Waals surface area contributed by atoms with Gasteiger partial charge in [-0.1, -0.05) is 12.1 Å². The quantitative estimate of drug-likeness (QED) is 0.588. The Kier molecular flexibility index (Phi) is 5.46. The molecular formula is C17H24O2. The van der Waals surface area contributed by atoms with Crippen LogP contribution in [0, 0.1) is 0 Å². The van der Waals surface area contributed by atoms with Gasteiger partial charge in [0.05, 0.1) is 12.7 Å². The van der Waals surface area contributed by atoms with Gasteiger partial charge in [0, 0.05) is 0 Å². The van der Waals surface area contributed by atoms with Crippen LogP contribution in [-0.2, 0) is 6.42 Å². The lowest BCUT2D eigenvalue weighted by molar-refractivity contribution is 0.156. The first-order valence-electron chi connectivity index (χ1n) is 7.36. The molecule has 2 heteroatoms. The number of fused-ring (bicyclic) bond motifs is 1. The highest BCUT2D eigenvalue weighted by Crippen LogP contribution is 2.31. The molecule has 1 N–H and O–H groups in total. The maximum Gasteiger partial charge on any atom is 0.119 e. The Morgan fingerprint density at radius 2 is 2.21 bits per heavy atom. The number of aliphatic hydroxyl groups excluding tert-OH is 1. The van der Waals surface area contributed by atoms with Gasteiger partial charge in [0.15, 0.2) is 0 Å². The molecule has 0 amide bonds. The summed E-state index contributed by atoms with van der Waals surface area (Å²) in [5.74, 6) is 0.941. The van der Waals surface area contributed by atoms with Crippen LogP contribution in [0.3, 0.4) is 0 Å². The molecule has 1 unspecified atom stereocenters. The minimum atomic E-state index is -0.281. The summed E-state index contributed by atoms with van der Waals surface area (Å²) in [6.07, 6.45) is 9.27. The van der Waals surface area contributed by atoms with Crippen LogP contribution in [0.5, 0.6) is 5.75 Å². The van der Waals surface area contributed by atoms with E-state index in [4.69, 9.17) is 4.74 Å². The molecule has 2 nitrogen and oxygen atoms in total. The number of benzene rings is 1. The van der Waals surface area contributed by atoms with Gasteiger partial charge in [-0.25, -0.2) is 0 Å². The molecule has 1 aliphatic carbocycles. The lowest BCUT2D eigenvalue weighted by Gasteiger charge is -2.21. The predicted octanol–water partition coefficient (Wildman–Crippen LogP) is 4.18. The van der Waals surface area contributed by atoms with Crippen LogP contribution in [0.4, 0.5) is 0 Å². The fraction of sp³-hybridized carbons (Fsp3) is 0.529. The molecule has 2 rings (SSSR count). The van der Waals surface area contributed by atoms with Crippen molar-refractivity contribution < 1.29 is 9.84 Å². The maximum absolute atomic E-state index is 9.90. The zero-order valence-electron chi connectivity index (χ0n) is 11.6. The number of hydrogen-bond donors (Lipinski definition) is 1. The van der Waals surface area contributed by atoms with Crippen molar-refractivity contribution in [2.75, 3.05) is 6.61 Å². The fourth-order valence-corrected chi connectivity index (χ4v) is 2.61. The average molecular weight is 260 g/mol. The molecule has 0 spiro atoms. The Bertz CT molecular complexity index is 412. The van der Waals surface area contributed by atoms with Crippen molar-refractivity contribution in [1.29, 1.82) is 0 Å². The van der Waals surface area contributed by atoms with E-state index in [1.54, 1.807) is 0 Å². The summed E-state index contributed by atoms with van der Waals surface area (Å²) >= 11 is 0.